The van der Waals surface area contributed by atoms with E-state index < -0.39 is 28.0 Å². The van der Waals surface area contributed by atoms with E-state index in [1.807, 2.05) is 0 Å². The molecule has 2 rings (SSSR count). The van der Waals surface area contributed by atoms with Crippen LogP contribution in [0.2, 0.25) is 0 Å². The number of amides is 1. The number of aliphatic carboxylic acids is 1. The minimum Gasteiger partial charge on any atom is -0.481 e. The number of non-ortho nitro benzene ring substituents is 1. The van der Waals surface area contributed by atoms with E-state index in [1.165, 1.54) is 0 Å². The molecular formula is C16H19FN2O5. The molecule has 8 heteroatoms. The van der Waals surface area contributed by atoms with Crippen LogP contribution in [0.5, 0.6) is 0 Å². The van der Waals surface area contributed by atoms with Crippen molar-refractivity contribution in [2.24, 2.45) is 5.41 Å². The summed E-state index contributed by atoms with van der Waals surface area (Å²) in [6.45, 7) is 0. The number of nitrogens with one attached hydrogen (secondary N) is 1. The molecule has 1 aliphatic rings. The highest BCUT2D eigenvalue weighted by molar-refractivity contribution is 5.92. The van der Waals surface area contributed by atoms with E-state index in [1.54, 1.807) is 0 Å². The van der Waals surface area contributed by atoms with Crippen LogP contribution in [0.1, 0.15) is 44.9 Å². The summed E-state index contributed by atoms with van der Waals surface area (Å²) in [5, 5.41) is 22.2. The molecular weight excluding hydrogens is 319 g/mol. The first kappa shape index (κ1) is 17.8. The van der Waals surface area contributed by atoms with Crippen LogP contribution in [0.25, 0.3) is 0 Å². The molecule has 2 N–H and O–H groups in total. The third kappa shape index (κ3) is 4.50. The molecule has 0 saturated heterocycles. The average molecular weight is 338 g/mol. The number of hydrogen-bond donors (Lipinski definition) is 2. The molecule has 1 aliphatic carbocycles. The van der Waals surface area contributed by atoms with Gasteiger partial charge in [-0.05, 0) is 24.3 Å². The van der Waals surface area contributed by atoms with Gasteiger partial charge < -0.3 is 10.4 Å². The van der Waals surface area contributed by atoms with Crippen LogP contribution in [0.15, 0.2) is 18.2 Å². The van der Waals surface area contributed by atoms with Gasteiger partial charge in [-0.15, -0.1) is 0 Å². The number of nitro groups is 1. The first-order chi connectivity index (χ1) is 11.3. The van der Waals surface area contributed by atoms with Gasteiger partial charge in [-0.2, -0.15) is 0 Å². The lowest BCUT2D eigenvalue weighted by Crippen LogP contribution is -2.32. The lowest BCUT2D eigenvalue weighted by molar-refractivity contribution is -0.384. The number of anilines is 1. The molecule has 7 nitrogen and oxygen atoms in total. The Morgan fingerprint density at radius 2 is 1.92 bits per heavy atom. The van der Waals surface area contributed by atoms with Gasteiger partial charge in [0.1, 0.15) is 5.82 Å². The molecule has 0 atom stereocenters. The van der Waals surface area contributed by atoms with Gasteiger partial charge in [-0.25, -0.2) is 4.39 Å². The zero-order valence-corrected chi connectivity index (χ0v) is 13.1. The van der Waals surface area contributed by atoms with Crippen molar-refractivity contribution in [2.45, 2.75) is 44.9 Å². The van der Waals surface area contributed by atoms with Gasteiger partial charge in [0.15, 0.2) is 0 Å². The van der Waals surface area contributed by atoms with E-state index in [0.717, 1.165) is 37.5 Å². The Labute approximate surface area is 138 Å². The third-order valence-corrected chi connectivity index (χ3v) is 4.41. The number of carbonyl (C=O) groups excluding carboxylic acids is 1. The minimum absolute atomic E-state index is 0.0402. The topological polar surface area (TPSA) is 110 Å². The standard InChI is InChI=1S/C16H19FN2O5/c17-12-5-4-11(19(23)24)8-13(12)18-14(20)9-16(10-15(21)22)6-2-1-3-7-16/h4-5,8H,1-3,6-7,9-10H2,(H,18,20)(H,21,22). The van der Waals surface area contributed by atoms with E-state index in [0.29, 0.717) is 12.8 Å². The first-order valence-electron chi connectivity index (χ1n) is 7.77. The quantitative estimate of drug-likeness (QED) is 0.609. The zero-order valence-electron chi connectivity index (χ0n) is 13.1. The normalized spacial score (nSPS) is 16.4. The highest BCUT2D eigenvalue weighted by atomic mass is 19.1. The maximum Gasteiger partial charge on any atom is 0.303 e. The predicted molar refractivity (Wildman–Crippen MR) is 84.1 cm³/mol. The largest absolute Gasteiger partial charge is 0.481 e. The third-order valence-electron chi connectivity index (χ3n) is 4.41. The summed E-state index contributed by atoms with van der Waals surface area (Å²) in [6, 6.07) is 2.89. The van der Waals surface area contributed by atoms with Crippen LogP contribution >= 0.6 is 0 Å². The van der Waals surface area contributed by atoms with Crippen LogP contribution in [0.4, 0.5) is 15.8 Å². The van der Waals surface area contributed by atoms with Crippen molar-refractivity contribution in [3.8, 4) is 0 Å². The second kappa shape index (κ2) is 7.37. The molecule has 0 spiro atoms. The van der Waals surface area contributed by atoms with Crippen molar-refractivity contribution in [3.63, 3.8) is 0 Å². The number of carboxylic acid groups (broad SMARTS) is 1. The fourth-order valence-electron chi connectivity index (χ4n) is 3.30. The molecule has 1 amide bonds. The van der Waals surface area contributed by atoms with Gasteiger partial charge in [0, 0.05) is 18.6 Å². The molecule has 130 valence electrons. The molecule has 0 aliphatic heterocycles. The van der Waals surface area contributed by atoms with E-state index in [4.69, 9.17) is 5.11 Å². The Balaban J connectivity index is 2.12. The summed E-state index contributed by atoms with van der Waals surface area (Å²) in [4.78, 5) is 33.4. The summed E-state index contributed by atoms with van der Waals surface area (Å²) in [6.07, 6.45) is 3.81. The second-order valence-electron chi connectivity index (χ2n) is 6.28. The number of carboxylic acids is 1. The van der Waals surface area contributed by atoms with Crippen LogP contribution < -0.4 is 5.32 Å². The predicted octanol–water partition coefficient (Wildman–Crippen LogP) is 3.49. The highest BCUT2D eigenvalue weighted by Gasteiger charge is 2.36. The molecule has 0 bridgehead atoms. The van der Waals surface area contributed by atoms with Gasteiger partial charge in [-0.3, -0.25) is 19.7 Å². The maximum atomic E-state index is 13.7. The lowest BCUT2D eigenvalue weighted by atomic mass is 9.69. The van der Waals surface area contributed by atoms with E-state index in [2.05, 4.69) is 5.32 Å². The summed E-state index contributed by atoms with van der Waals surface area (Å²) < 4.78 is 13.7. The molecule has 0 unspecified atom stereocenters. The molecule has 1 aromatic carbocycles. The van der Waals surface area contributed by atoms with Gasteiger partial charge >= 0.3 is 5.97 Å². The number of nitro benzene ring substituents is 1. The van der Waals surface area contributed by atoms with Crippen molar-refractivity contribution in [1.82, 2.24) is 0 Å². The fourth-order valence-corrected chi connectivity index (χ4v) is 3.30. The Hall–Kier alpha value is -2.51. The van der Waals surface area contributed by atoms with Crippen molar-refractivity contribution >= 4 is 23.3 Å². The van der Waals surface area contributed by atoms with E-state index in [-0.39, 0.29) is 24.2 Å². The smallest absolute Gasteiger partial charge is 0.303 e. The Morgan fingerprint density at radius 3 is 2.50 bits per heavy atom. The van der Waals surface area contributed by atoms with Crippen molar-refractivity contribution in [3.05, 3.63) is 34.1 Å². The summed E-state index contributed by atoms with van der Waals surface area (Å²) in [5.74, 6) is -2.27. The van der Waals surface area contributed by atoms with Crippen molar-refractivity contribution < 1.29 is 24.0 Å². The SMILES string of the molecule is O=C(O)CC1(CC(=O)Nc2cc([N+](=O)[O-])ccc2F)CCCCC1. The van der Waals surface area contributed by atoms with Crippen molar-refractivity contribution in [1.29, 1.82) is 0 Å². The number of hydrogen-bond acceptors (Lipinski definition) is 4. The second-order valence-corrected chi connectivity index (χ2v) is 6.28. The molecule has 0 aromatic heterocycles. The summed E-state index contributed by atoms with van der Waals surface area (Å²) >= 11 is 0. The van der Waals surface area contributed by atoms with Crippen LogP contribution in [0, 0.1) is 21.3 Å². The monoisotopic (exact) mass is 338 g/mol. The van der Waals surface area contributed by atoms with Crippen molar-refractivity contribution in [2.75, 3.05) is 5.32 Å². The van der Waals surface area contributed by atoms with Crippen LogP contribution in [-0.4, -0.2) is 21.9 Å². The molecule has 24 heavy (non-hydrogen) atoms. The van der Waals surface area contributed by atoms with Gasteiger partial charge in [0.05, 0.1) is 17.0 Å². The van der Waals surface area contributed by atoms with Gasteiger partial charge in [0.2, 0.25) is 5.91 Å². The maximum absolute atomic E-state index is 13.7. The number of carbonyl (C=O) groups is 2. The highest BCUT2D eigenvalue weighted by Crippen LogP contribution is 2.42. The van der Waals surface area contributed by atoms with E-state index in [9.17, 15) is 24.1 Å². The Bertz CT molecular complexity index is 656. The summed E-state index contributed by atoms with van der Waals surface area (Å²) in [5.41, 5.74) is -1.23. The van der Waals surface area contributed by atoms with E-state index >= 15 is 0 Å². The zero-order chi connectivity index (χ0) is 17.7. The number of benzene rings is 1. The molecule has 0 radical (unpaired) electrons. The van der Waals surface area contributed by atoms with Crippen LogP contribution in [0.3, 0.4) is 0 Å². The Morgan fingerprint density at radius 1 is 1.25 bits per heavy atom. The number of halogens is 1. The molecule has 1 saturated carbocycles. The molecule has 1 aromatic rings. The number of nitrogens with zero attached hydrogens (tertiary/aromatic N) is 1. The lowest BCUT2D eigenvalue weighted by Gasteiger charge is -2.35. The van der Waals surface area contributed by atoms with Gasteiger partial charge in [0.25, 0.3) is 5.69 Å². The first-order valence-corrected chi connectivity index (χ1v) is 7.77. The fraction of sp³-hybridized carbons (Fsp3) is 0.500. The summed E-state index contributed by atoms with van der Waals surface area (Å²) in [7, 11) is 0. The average Bonchev–Trinajstić information content (AvgIpc) is 2.49. The van der Waals surface area contributed by atoms with Crippen LogP contribution in [-0.2, 0) is 9.59 Å². The Kier molecular flexibility index (Phi) is 5.48. The minimum atomic E-state index is -0.966. The van der Waals surface area contributed by atoms with Gasteiger partial charge in [-0.1, -0.05) is 19.3 Å². The number of rotatable bonds is 6. The molecule has 0 heterocycles. The molecule has 1 fully saturated rings.